The quantitative estimate of drug-likeness (QED) is 0.755. The van der Waals surface area contributed by atoms with Crippen LogP contribution in [0, 0.1) is 0 Å². The molecule has 20 heavy (non-hydrogen) atoms. The molecule has 100 valence electrons. The third-order valence-electron chi connectivity index (χ3n) is 3.14. The number of H-pyrrole nitrogens is 1. The Morgan fingerprint density at radius 2 is 2.00 bits per heavy atom. The Hall–Kier alpha value is -2.89. The first-order valence-corrected chi connectivity index (χ1v) is 6.10. The van der Waals surface area contributed by atoms with E-state index in [1.807, 2.05) is 12.2 Å². The van der Waals surface area contributed by atoms with Gasteiger partial charge in [0.2, 0.25) is 5.91 Å². The van der Waals surface area contributed by atoms with E-state index in [9.17, 15) is 9.59 Å². The first kappa shape index (κ1) is 12.2. The molecule has 1 amide bonds. The maximum absolute atomic E-state index is 11.7. The molecule has 0 radical (unpaired) electrons. The van der Waals surface area contributed by atoms with Crippen molar-refractivity contribution in [3.8, 4) is 11.3 Å². The van der Waals surface area contributed by atoms with Crippen molar-refractivity contribution in [1.29, 1.82) is 0 Å². The Morgan fingerprint density at radius 3 is 2.70 bits per heavy atom. The number of hydrogen-bond acceptors (Lipinski definition) is 4. The lowest BCUT2D eigenvalue weighted by molar-refractivity contribution is 0.100. The number of aromatic amines is 1. The van der Waals surface area contributed by atoms with E-state index in [1.54, 1.807) is 24.3 Å². The summed E-state index contributed by atoms with van der Waals surface area (Å²) in [5.41, 5.74) is 8.10. The number of aromatic nitrogens is 2. The van der Waals surface area contributed by atoms with Gasteiger partial charge in [-0.05, 0) is 12.1 Å². The van der Waals surface area contributed by atoms with Gasteiger partial charge in [-0.2, -0.15) is 5.10 Å². The summed E-state index contributed by atoms with van der Waals surface area (Å²) in [4.78, 5) is 22.8. The fourth-order valence-corrected chi connectivity index (χ4v) is 2.15. The number of amides is 1. The first-order valence-electron chi connectivity index (χ1n) is 6.10. The average molecular weight is 268 g/mol. The topological polar surface area (TPSA) is 101 Å². The molecule has 6 heteroatoms. The molecule has 0 unspecified atom stereocenters. The second-order valence-electron chi connectivity index (χ2n) is 4.41. The molecule has 2 heterocycles. The van der Waals surface area contributed by atoms with Crippen LogP contribution in [0.2, 0.25) is 0 Å². The number of anilines is 1. The molecule has 3 rings (SSSR count). The monoisotopic (exact) mass is 268 g/mol. The van der Waals surface area contributed by atoms with E-state index < -0.39 is 5.91 Å². The zero-order chi connectivity index (χ0) is 14.1. The number of nitrogens with two attached hydrogens (primary N) is 1. The van der Waals surface area contributed by atoms with Gasteiger partial charge in [0, 0.05) is 23.2 Å². The third-order valence-corrected chi connectivity index (χ3v) is 3.14. The van der Waals surface area contributed by atoms with Gasteiger partial charge in [-0.15, -0.1) is 0 Å². The Balaban J connectivity index is 2.14. The van der Waals surface area contributed by atoms with Crippen LogP contribution < -0.4 is 16.6 Å². The summed E-state index contributed by atoms with van der Waals surface area (Å²) in [6.07, 6.45) is 3.79. The Kier molecular flexibility index (Phi) is 2.83. The predicted octanol–water partition coefficient (Wildman–Crippen LogP) is 0.974. The van der Waals surface area contributed by atoms with E-state index in [0.717, 1.165) is 11.1 Å². The number of fused-ring (bicyclic) bond motifs is 1. The van der Waals surface area contributed by atoms with Crippen molar-refractivity contribution < 1.29 is 4.79 Å². The molecule has 2 aromatic rings. The third kappa shape index (κ3) is 1.97. The first-order chi connectivity index (χ1) is 9.66. The Labute approximate surface area is 114 Å². The lowest BCUT2D eigenvalue weighted by Crippen LogP contribution is -2.20. The highest BCUT2D eigenvalue weighted by molar-refractivity contribution is 5.93. The van der Waals surface area contributed by atoms with Gasteiger partial charge in [-0.25, -0.2) is 5.10 Å². The molecule has 6 nitrogen and oxygen atoms in total. The summed E-state index contributed by atoms with van der Waals surface area (Å²) in [5, 5.41) is 9.59. The number of rotatable bonds is 2. The molecule has 0 saturated heterocycles. The van der Waals surface area contributed by atoms with E-state index >= 15 is 0 Å². The van der Waals surface area contributed by atoms with Gasteiger partial charge in [0.05, 0.1) is 0 Å². The summed E-state index contributed by atoms with van der Waals surface area (Å²) >= 11 is 0. The molecule has 4 N–H and O–H groups in total. The molecule has 0 saturated carbocycles. The van der Waals surface area contributed by atoms with Crippen LogP contribution in [0.25, 0.3) is 17.3 Å². The van der Waals surface area contributed by atoms with Crippen LogP contribution in [0.3, 0.4) is 0 Å². The van der Waals surface area contributed by atoms with E-state index in [1.165, 1.54) is 0 Å². The zero-order valence-electron chi connectivity index (χ0n) is 10.5. The smallest absolute Gasteiger partial charge is 0.288 e. The number of nitrogens with one attached hydrogen (secondary N) is 2. The number of carbonyl (C=O) groups is 1. The molecule has 0 atom stereocenters. The van der Waals surface area contributed by atoms with E-state index in [4.69, 9.17) is 5.73 Å². The van der Waals surface area contributed by atoms with Crippen LogP contribution in [-0.2, 0) is 0 Å². The Bertz CT molecular complexity index is 760. The minimum atomic E-state index is -0.477. The summed E-state index contributed by atoms with van der Waals surface area (Å²) in [6, 6.07) is 6.78. The molecule has 0 aliphatic carbocycles. The van der Waals surface area contributed by atoms with Crippen molar-refractivity contribution >= 4 is 17.7 Å². The van der Waals surface area contributed by atoms with Gasteiger partial charge < -0.3 is 11.1 Å². The highest BCUT2D eigenvalue weighted by Crippen LogP contribution is 2.27. The SMILES string of the molecule is NC(=O)c1ccc(-c2n[nH]c(=O)c3c2C=CCN3)cc1. The number of benzene rings is 1. The number of carbonyl (C=O) groups excluding carboxylic acids is 1. The van der Waals surface area contributed by atoms with Crippen molar-refractivity contribution in [3.63, 3.8) is 0 Å². The number of primary amides is 1. The van der Waals surface area contributed by atoms with Crippen LogP contribution in [0.4, 0.5) is 5.69 Å². The predicted molar refractivity (Wildman–Crippen MR) is 76.3 cm³/mol. The zero-order valence-corrected chi connectivity index (χ0v) is 10.5. The van der Waals surface area contributed by atoms with Crippen molar-refractivity contribution in [2.75, 3.05) is 11.9 Å². The Morgan fingerprint density at radius 1 is 1.25 bits per heavy atom. The second kappa shape index (κ2) is 4.65. The van der Waals surface area contributed by atoms with Crippen molar-refractivity contribution in [2.24, 2.45) is 5.73 Å². The minimum absolute atomic E-state index is 0.248. The maximum Gasteiger partial charge on any atom is 0.288 e. The van der Waals surface area contributed by atoms with Gasteiger partial charge in [-0.3, -0.25) is 9.59 Å². The van der Waals surface area contributed by atoms with E-state index in [2.05, 4.69) is 15.5 Å². The molecule has 1 aromatic heterocycles. The molecule has 1 aliphatic rings. The molecule has 1 aliphatic heterocycles. The molecule has 0 bridgehead atoms. The minimum Gasteiger partial charge on any atom is -0.377 e. The largest absolute Gasteiger partial charge is 0.377 e. The van der Waals surface area contributed by atoms with Crippen LogP contribution >= 0.6 is 0 Å². The van der Waals surface area contributed by atoms with Crippen LogP contribution in [0.15, 0.2) is 35.1 Å². The lowest BCUT2D eigenvalue weighted by Gasteiger charge is -2.14. The van der Waals surface area contributed by atoms with E-state index in [0.29, 0.717) is 23.5 Å². The summed E-state index contributed by atoms with van der Waals surface area (Å²) in [6.45, 7) is 0.611. The van der Waals surface area contributed by atoms with Gasteiger partial charge in [0.1, 0.15) is 11.4 Å². The van der Waals surface area contributed by atoms with Gasteiger partial charge >= 0.3 is 0 Å². The fourth-order valence-electron chi connectivity index (χ4n) is 2.15. The van der Waals surface area contributed by atoms with Crippen molar-refractivity contribution in [2.45, 2.75) is 0 Å². The normalized spacial score (nSPS) is 12.6. The summed E-state index contributed by atoms with van der Waals surface area (Å²) in [5.74, 6) is -0.477. The van der Waals surface area contributed by atoms with Crippen LogP contribution in [0.1, 0.15) is 15.9 Å². The van der Waals surface area contributed by atoms with Crippen LogP contribution in [0.5, 0.6) is 0 Å². The van der Waals surface area contributed by atoms with Gasteiger partial charge in [0.15, 0.2) is 0 Å². The molecule has 1 aromatic carbocycles. The van der Waals surface area contributed by atoms with Crippen molar-refractivity contribution in [3.05, 3.63) is 51.8 Å². The van der Waals surface area contributed by atoms with Crippen LogP contribution in [-0.4, -0.2) is 22.6 Å². The molecular formula is C14H12N4O2. The molecule has 0 spiro atoms. The summed E-state index contributed by atoms with van der Waals surface area (Å²) < 4.78 is 0. The average Bonchev–Trinajstić information content (AvgIpc) is 2.48. The summed E-state index contributed by atoms with van der Waals surface area (Å²) in [7, 11) is 0. The second-order valence-corrected chi connectivity index (χ2v) is 4.41. The highest BCUT2D eigenvalue weighted by Gasteiger charge is 2.15. The van der Waals surface area contributed by atoms with Crippen molar-refractivity contribution in [1.82, 2.24) is 10.2 Å². The maximum atomic E-state index is 11.7. The van der Waals surface area contributed by atoms with Gasteiger partial charge in [-0.1, -0.05) is 24.3 Å². The fraction of sp³-hybridized carbons (Fsp3) is 0.0714. The highest BCUT2D eigenvalue weighted by atomic mass is 16.1. The molecule has 0 fully saturated rings. The standard InChI is InChI=1S/C14H12N4O2/c15-13(19)9-5-3-8(4-6-9)11-10-2-1-7-16-12(10)14(20)18-17-11/h1-6,16H,7H2,(H2,15,19)(H,18,20). The molecular weight excluding hydrogens is 256 g/mol. The lowest BCUT2D eigenvalue weighted by atomic mass is 10.0. The van der Waals surface area contributed by atoms with Gasteiger partial charge in [0.25, 0.3) is 5.56 Å². The number of hydrogen-bond donors (Lipinski definition) is 3. The number of nitrogens with zero attached hydrogens (tertiary/aromatic N) is 1. The van der Waals surface area contributed by atoms with E-state index in [-0.39, 0.29) is 5.56 Å².